The molecule has 3 heterocycles. The first-order chi connectivity index (χ1) is 14.1. The van der Waals surface area contributed by atoms with Crippen LogP contribution in [0.4, 0.5) is 0 Å². The van der Waals surface area contributed by atoms with E-state index in [2.05, 4.69) is 38.8 Å². The van der Waals surface area contributed by atoms with Gasteiger partial charge in [0.25, 0.3) is 0 Å². The summed E-state index contributed by atoms with van der Waals surface area (Å²) in [6, 6.07) is 5.87. The van der Waals surface area contributed by atoms with Gasteiger partial charge in [-0.05, 0) is 30.1 Å². The van der Waals surface area contributed by atoms with Crippen molar-refractivity contribution >= 4 is 22.4 Å². The molecule has 4 rings (SSSR count). The maximum Gasteiger partial charge on any atom is 0.167 e. The second-order valence-corrected chi connectivity index (χ2v) is 9.01. The number of benzene rings is 1. The number of aromatic nitrogens is 2. The molecule has 1 atom stereocenters. The summed E-state index contributed by atoms with van der Waals surface area (Å²) in [5, 5.41) is 15.9. The number of Topliss-reactive ketones (excluding diaryl/α,β-unsaturated/α-hetero) is 1. The van der Waals surface area contributed by atoms with Crippen molar-refractivity contribution in [3.8, 4) is 5.75 Å². The molecule has 30 heavy (non-hydrogen) atoms. The molecular weight excluding hydrogens is 378 g/mol. The van der Waals surface area contributed by atoms with E-state index in [1.807, 2.05) is 35.2 Å². The predicted octanol–water partition coefficient (Wildman–Crippen LogP) is 4.60. The highest BCUT2D eigenvalue weighted by Crippen LogP contribution is 2.44. The molecule has 2 aliphatic heterocycles. The standard InChI is InChI=1S/C24H27N3O3/c1-14-10-19-23-17-8-7-9-20(30-13-15(2)28)22(17)25-27(23)12-21(24(4,5)6)26(19)11-18(14)16(3)29/h7-11,21,29H,1,3,12-13H2,2,4-6H3. The molecule has 1 aromatic carbocycles. The largest absolute Gasteiger partial charge is 0.508 e. The van der Waals surface area contributed by atoms with Crippen LogP contribution in [0.2, 0.25) is 0 Å². The number of carbonyl (C=O) groups is 1. The van der Waals surface area contributed by atoms with E-state index < -0.39 is 0 Å². The zero-order valence-electron chi connectivity index (χ0n) is 17.9. The van der Waals surface area contributed by atoms with Crippen LogP contribution in [0.25, 0.3) is 16.6 Å². The second-order valence-electron chi connectivity index (χ2n) is 9.01. The molecule has 2 aromatic rings. The van der Waals surface area contributed by atoms with Gasteiger partial charge in [-0.25, -0.2) is 0 Å². The van der Waals surface area contributed by atoms with Gasteiger partial charge in [0.05, 0.1) is 24.0 Å². The van der Waals surface area contributed by atoms with E-state index in [1.54, 1.807) is 0 Å². The van der Waals surface area contributed by atoms with Gasteiger partial charge in [0.15, 0.2) is 5.78 Å². The molecule has 6 heteroatoms. The number of hydrogen-bond donors (Lipinski definition) is 1. The van der Waals surface area contributed by atoms with Crippen molar-refractivity contribution in [1.82, 2.24) is 14.7 Å². The molecule has 0 bridgehead atoms. The highest BCUT2D eigenvalue weighted by molar-refractivity contribution is 5.95. The molecule has 0 amide bonds. The Morgan fingerprint density at radius 3 is 2.73 bits per heavy atom. The summed E-state index contributed by atoms with van der Waals surface area (Å²) in [5.74, 6) is 0.564. The Labute approximate surface area is 176 Å². The Bertz CT molecular complexity index is 1140. The summed E-state index contributed by atoms with van der Waals surface area (Å²) in [5.41, 5.74) is 3.96. The number of nitrogens with zero attached hydrogens (tertiary/aromatic N) is 3. The molecule has 2 aliphatic rings. The molecule has 0 fully saturated rings. The van der Waals surface area contributed by atoms with E-state index in [9.17, 15) is 9.90 Å². The lowest BCUT2D eigenvalue weighted by molar-refractivity contribution is -0.118. The van der Waals surface area contributed by atoms with Crippen molar-refractivity contribution in [2.45, 2.75) is 40.3 Å². The van der Waals surface area contributed by atoms with Gasteiger partial charge in [-0.1, -0.05) is 46.1 Å². The van der Waals surface area contributed by atoms with Crippen LogP contribution in [0, 0.1) is 5.41 Å². The third-order valence-corrected chi connectivity index (χ3v) is 5.60. The topological polar surface area (TPSA) is 67.6 Å². The SMILES string of the molecule is C=C(O)C1=CN2C(=CC1=C)c1c3cccc(OCC(C)=O)c3nn1CC2C(C)(C)C. The van der Waals surface area contributed by atoms with Crippen LogP contribution in [0.3, 0.4) is 0 Å². The Morgan fingerprint density at radius 1 is 1.37 bits per heavy atom. The van der Waals surface area contributed by atoms with Gasteiger partial charge in [-0.2, -0.15) is 5.10 Å². The summed E-state index contributed by atoms with van der Waals surface area (Å²) < 4.78 is 7.74. The Balaban J connectivity index is 1.91. The van der Waals surface area contributed by atoms with E-state index in [1.165, 1.54) is 6.92 Å². The van der Waals surface area contributed by atoms with Crippen LogP contribution in [-0.4, -0.2) is 38.2 Å². The number of ether oxygens (including phenoxy) is 1. The van der Waals surface area contributed by atoms with Crippen LogP contribution in [0.5, 0.6) is 5.75 Å². The maximum atomic E-state index is 11.4. The van der Waals surface area contributed by atoms with E-state index in [0.29, 0.717) is 23.4 Å². The van der Waals surface area contributed by atoms with Crippen molar-refractivity contribution in [2.75, 3.05) is 6.61 Å². The molecule has 0 saturated carbocycles. The van der Waals surface area contributed by atoms with Crippen LogP contribution >= 0.6 is 0 Å². The lowest BCUT2D eigenvalue weighted by Crippen LogP contribution is -2.47. The minimum atomic E-state index is -0.0556. The number of rotatable bonds is 4. The summed E-state index contributed by atoms with van der Waals surface area (Å²) in [6.07, 6.45) is 3.92. The number of ketones is 1. The summed E-state index contributed by atoms with van der Waals surface area (Å²) >= 11 is 0. The van der Waals surface area contributed by atoms with Gasteiger partial charge < -0.3 is 14.7 Å². The smallest absolute Gasteiger partial charge is 0.167 e. The Hall–Kier alpha value is -3.28. The molecule has 1 N–H and O–H groups in total. The lowest BCUT2D eigenvalue weighted by Gasteiger charge is -2.46. The molecule has 0 aliphatic carbocycles. The maximum absolute atomic E-state index is 11.4. The summed E-state index contributed by atoms with van der Waals surface area (Å²) in [7, 11) is 0. The van der Waals surface area contributed by atoms with Crippen molar-refractivity contribution in [3.63, 3.8) is 0 Å². The average Bonchev–Trinajstić information content (AvgIpc) is 3.03. The molecular formula is C24H27N3O3. The molecule has 0 spiro atoms. The predicted molar refractivity (Wildman–Crippen MR) is 118 cm³/mol. The monoisotopic (exact) mass is 405 g/mol. The Kier molecular flexibility index (Phi) is 4.60. The zero-order chi connectivity index (χ0) is 21.8. The van der Waals surface area contributed by atoms with Crippen LogP contribution in [-0.2, 0) is 11.3 Å². The third kappa shape index (κ3) is 3.22. The highest BCUT2D eigenvalue weighted by atomic mass is 16.5. The van der Waals surface area contributed by atoms with Gasteiger partial charge in [0.1, 0.15) is 23.6 Å². The fourth-order valence-corrected chi connectivity index (χ4v) is 4.08. The molecule has 0 radical (unpaired) electrons. The fourth-order valence-electron chi connectivity index (χ4n) is 4.08. The van der Waals surface area contributed by atoms with E-state index in [-0.39, 0.29) is 29.6 Å². The number of allylic oxidation sites excluding steroid dienone is 2. The minimum absolute atomic E-state index is 0.00631. The van der Waals surface area contributed by atoms with Gasteiger partial charge >= 0.3 is 0 Å². The molecule has 6 nitrogen and oxygen atoms in total. The molecule has 1 aromatic heterocycles. The van der Waals surface area contributed by atoms with Crippen molar-refractivity contribution in [2.24, 2.45) is 5.41 Å². The summed E-state index contributed by atoms with van der Waals surface area (Å²) in [4.78, 5) is 13.6. The van der Waals surface area contributed by atoms with Crippen molar-refractivity contribution in [1.29, 1.82) is 0 Å². The number of hydrogen-bond acceptors (Lipinski definition) is 5. The fraction of sp³-hybridized carbons (Fsp3) is 0.333. The van der Waals surface area contributed by atoms with Crippen molar-refractivity contribution in [3.05, 3.63) is 66.2 Å². The van der Waals surface area contributed by atoms with Gasteiger partial charge in [-0.3, -0.25) is 9.48 Å². The van der Waals surface area contributed by atoms with Crippen molar-refractivity contribution < 1.29 is 14.6 Å². The summed E-state index contributed by atoms with van der Waals surface area (Å²) in [6.45, 7) is 16.6. The van der Waals surface area contributed by atoms with Crippen LogP contribution in [0.1, 0.15) is 33.4 Å². The number of fused-ring (bicyclic) bond motifs is 5. The third-order valence-electron chi connectivity index (χ3n) is 5.60. The first-order valence-corrected chi connectivity index (χ1v) is 9.99. The number of aliphatic hydroxyl groups excluding tert-OH is 1. The molecule has 0 saturated heterocycles. The van der Waals surface area contributed by atoms with Gasteiger partial charge in [0.2, 0.25) is 0 Å². The lowest BCUT2D eigenvalue weighted by atomic mass is 9.82. The van der Waals surface area contributed by atoms with Crippen LogP contribution < -0.4 is 4.74 Å². The first kappa shape index (κ1) is 20.0. The molecule has 1 unspecified atom stereocenters. The zero-order valence-corrected chi connectivity index (χ0v) is 17.9. The highest BCUT2D eigenvalue weighted by Gasteiger charge is 2.40. The van der Waals surface area contributed by atoms with Gasteiger partial charge in [0, 0.05) is 17.2 Å². The Morgan fingerprint density at radius 2 is 2.10 bits per heavy atom. The number of aliphatic hydroxyl groups is 1. The second kappa shape index (κ2) is 6.90. The van der Waals surface area contributed by atoms with Crippen LogP contribution in [0.15, 0.2) is 60.5 Å². The minimum Gasteiger partial charge on any atom is -0.508 e. The normalized spacial score (nSPS) is 18.5. The average molecular weight is 405 g/mol. The number of carbonyl (C=O) groups excluding carboxylic acids is 1. The van der Waals surface area contributed by atoms with E-state index >= 15 is 0 Å². The quantitative estimate of drug-likeness (QED) is 0.753. The van der Waals surface area contributed by atoms with Gasteiger partial charge in [-0.15, -0.1) is 0 Å². The van der Waals surface area contributed by atoms with E-state index in [0.717, 1.165) is 22.3 Å². The molecule has 156 valence electrons. The first-order valence-electron chi connectivity index (χ1n) is 9.99. The van der Waals surface area contributed by atoms with E-state index in [4.69, 9.17) is 9.84 Å².